The number of aliphatic carboxylic acids is 1. The smallest absolute Gasteiger partial charge is 0.303 e. The first-order chi connectivity index (χ1) is 6.68. The summed E-state index contributed by atoms with van der Waals surface area (Å²) in [5.74, 6) is 0.251. The zero-order valence-electron chi connectivity index (χ0n) is 8.50. The highest BCUT2D eigenvalue weighted by atomic mass is 16.4. The van der Waals surface area contributed by atoms with Crippen LogP contribution in [-0.2, 0) is 9.59 Å². The van der Waals surface area contributed by atoms with Gasteiger partial charge in [0.15, 0.2) is 0 Å². The van der Waals surface area contributed by atoms with Crippen molar-refractivity contribution in [2.75, 3.05) is 0 Å². The summed E-state index contributed by atoms with van der Waals surface area (Å²) < 4.78 is 0. The second kappa shape index (κ2) is 5.78. The number of carboxylic acid groups (broad SMARTS) is 1. The predicted octanol–water partition coefficient (Wildman–Crippen LogP) is 2.39. The van der Waals surface area contributed by atoms with Gasteiger partial charge < -0.3 is 5.11 Å². The first-order valence-corrected chi connectivity index (χ1v) is 5.42. The number of carbonyl (C=O) groups excluding carboxylic acids is 1. The van der Waals surface area contributed by atoms with Gasteiger partial charge in [-0.15, -0.1) is 0 Å². The van der Waals surface area contributed by atoms with Crippen LogP contribution in [0.25, 0.3) is 0 Å². The molecule has 0 aromatic rings. The van der Waals surface area contributed by atoms with Crippen molar-refractivity contribution >= 4 is 11.8 Å². The topological polar surface area (TPSA) is 54.4 Å². The van der Waals surface area contributed by atoms with Crippen LogP contribution in [0.15, 0.2) is 0 Å². The molecule has 0 spiro atoms. The molecule has 1 N–H and O–H groups in total. The molecule has 1 unspecified atom stereocenters. The molecule has 3 nitrogen and oxygen atoms in total. The van der Waals surface area contributed by atoms with Crippen molar-refractivity contribution in [3.63, 3.8) is 0 Å². The molecule has 0 radical (unpaired) electrons. The predicted molar refractivity (Wildman–Crippen MR) is 53.1 cm³/mol. The molecule has 1 fully saturated rings. The molecule has 0 amide bonds. The van der Waals surface area contributed by atoms with Gasteiger partial charge in [-0.2, -0.15) is 0 Å². The van der Waals surface area contributed by atoms with E-state index in [0.29, 0.717) is 18.1 Å². The Labute approximate surface area is 84.5 Å². The summed E-state index contributed by atoms with van der Waals surface area (Å²) in [6.07, 6.45) is 6.51. The van der Waals surface area contributed by atoms with E-state index >= 15 is 0 Å². The van der Waals surface area contributed by atoms with E-state index in [-0.39, 0.29) is 6.42 Å². The Bertz CT molecular complexity index is 211. The molecule has 0 saturated heterocycles. The molecule has 3 heteroatoms. The molecular weight excluding hydrogens is 180 g/mol. The van der Waals surface area contributed by atoms with Crippen molar-refractivity contribution in [1.29, 1.82) is 0 Å². The molecular formula is C11H18O3. The highest BCUT2D eigenvalue weighted by molar-refractivity contribution is 5.78. The van der Waals surface area contributed by atoms with Gasteiger partial charge in [0.2, 0.25) is 0 Å². The van der Waals surface area contributed by atoms with Crippen molar-refractivity contribution in [2.24, 2.45) is 5.92 Å². The minimum absolute atomic E-state index is 0.268. The highest BCUT2D eigenvalue weighted by Crippen LogP contribution is 2.25. The molecule has 0 aliphatic heterocycles. The molecule has 1 saturated carbocycles. The van der Waals surface area contributed by atoms with Crippen molar-refractivity contribution in [2.45, 2.75) is 51.4 Å². The van der Waals surface area contributed by atoms with E-state index in [1.807, 2.05) is 0 Å². The number of ketones is 1. The maximum atomic E-state index is 11.1. The van der Waals surface area contributed by atoms with Gasteiger partial charge in [0.05, 0.1) is 0 Å². The first-order valence-electron chi connectivity index (χ1n) is 5.42. The lowest BCUT2D eigenvalue weighted by Crippen LogP contribution is -2.02. The number of hydrogen-bond acceptors (Lipinski definition) is 2. The van der Waals surface area contributed by atoms with Crippen LogP contribution < -0.4 is 0 Å². The van der Waals surface area contributed by atoms with Crippen LogP contribution in [0.2, 0.25) is 0 Å². The van der Waals surface area contributed by atoms with Crippen LogP contribution in [0.5, 0.6) is 0 Å². The van der Waals surface area contributed by atoms with Crippen molar-refractivity contribution in [1.82, 2.24) is 0 Å². The minimum atomic E-state index is -0.713. The maximum absolute atomic E-state index is 11.1. The fourth-order valence-electron chi connectivity index (χ4n) is 2.05. The van der Waals surface area contributed by atoms with Gasteiger partial charge in [-0.1, -0.05) is 6.42 Å². The Kier molecular flexibility index (Phi) is 4.63. The largest absolute Gasteiger partial charge is 0.481 e. The lowest BCUT2D eigenvalue weighted by Gasteiger charge is -2.11. The number of hydrogen-bond donors (Lipinski definition) is 1. The minimum Gasteiger partial charge on any atom is -0.481 e. The standard InChI is InChI=1S/C11H18O3/c12-10-5-1-3-9(7-8-10)4-2-6-11(13)14/h9H,1-8H2,(H,13,14). The lowest BCUT2D eigenvalue weighted by atomic mass is 9.94. The summed E-state index contributed by atoms with van der Waals surface area (Å²) in [7, 11) is 0. The molecule has 14 heavy (non-hydrogen) atoms. The Morgan fingerprint density at radius 3 is 2.86 bits per heavy atom. The average Bonchev–Trinajstić information content (AvgIpc) is 2.30. The van der Waals surface area contributed by atoms with Crippen LogP contribution in [0.4, 0.5) is 0 Å². The third-order valence-corrected chi connectivity index (χ3v) is 2.90. The fraction of sp³-hybridized carbons (Fsp3) is 0.818. The number of carbonyl (C=O) groups is 2. The SMILES string of the molecule is O=C(O)CCCC1CCCC(=O)CC1. The zero-order chi connectivity index (χ0) is 10.4. The van der Waals surface area contributed by atoms with Crippen LogP contribution in [0.3, 0.4) is 0 Å². The number of Topliss-reactive ketones (excluding diaryl/α,β-unsaturated/α-hetero) is 1. The van der Waals surface area contributed by atoms with Gasteiger partial charge in [-0.3, -0.25) is 9.59 Å². The highest BCUT2D eigenvalue weighted by Gasteiger charge is 2.16. The van der Waals surface area contributed by atoms with Crippen molar-refractivity contribution in [3.05, 3.63) is 0 Å². The van der Waals surface area contributed by atoms with Crippen LogP contribution in [0.1, 0.15) is 51.4 Å². The number of rotatable bonds is 4. The molecule has 1 aliphatic carbocycles. The molecule has 1 aliphatic rings. The van der Waals surface area contributed by atoms with Gasteiger partial charge in [0.1, 0.15) is 5.78 Å². The second-order valence-corrected chi connectivity index (χ2v) is 4.12. The fourth-order valence-corrected chi connectivity index (χ4v) is 2.05. The van der Waals surface area contributed by atoms with Crippen LogP contribution in [-0.4, -0.2) is 16.9 Å². The average molecular weight is 198 g/mol. The molecule has 0 aromatic heterocycles. The summed E-state index contributed by atoms with van der Waals surface area (Å²) in [6.45, 7) is 0. The first kappa shape index (κ1) is 11.2. The van der Waals surface area contributed by atoms with Crippen molar-refractivity contribution < 1.29 is 14.7 Å². The van der Waals surface area contributed by atoms with E-state index in [1.165, 1.54) is 0 Å². The lowest BCUT2D eigenvalue weighted by molar-refractivity contribution is -0.137. The van der Waals surface area contributed by atoms with Gasteiger partial charge >= 0.3 is 5.97 Å². The van der Waals surface area contributed by atoms with E-state index < -0.39 is 5.97 Å². The van der Waals surface area contributed by atoms with Crippen LogP contribution in [0, 0.1) is 5.92 Å². The molecule has 1 rings (SSSR count). The van der Waals surface area contributed by atoms with E-state index in [2.05, 4.69) is 0 Å². The Balaban J connectivity index is 2.17. The van der Waals surface area contributed by atoms with E-state index in [1.54, 1.807) is 0 Å². The summed E-state index contributed by atoms with van der Waals surface area (Å²) in [5.41, 5.74) is 0. The zero-order valence-corrected chi connectivity index (χ0v) is 8.50. The third kappa shape index (κ3) is 4.40. The molecule has 0 heterocycles. The molecule has 0 aromatic carbocycles. The quantitative estimate of drug-likeness (QED) is 0.706. The van der Waals surface area contributed by atoms with E-state index in [4.69, 9.17) is 5.11 Å². The number of carboxylic acids is 1. The van der Waals surface area contributed by atoms with E-state index in [9.17, 15) is 9.59 Å². The second-order valence-electron chi connectivity index (χ2n) is 4.12. The Hall–Kier alpha value is -0.860. The van der Waals surface area contributed by atoms with Crippen LogP contribution >= 0.6 is 0 Å². The van der Waals surface area contributed by atoms with Gasteiger partial charge in [0, 0.05) is 19.3 Å². The molecule has 1 atom stereocenters. The molecule has 80 valence electrons. The summed E-state index contributed by atoms with van der Waals surface area (Å²) in [4.78, 5) is 21.4. The van der Waals surface area contributed by atoms with Gasteiger partial charge in [-0.25, -0.2) is 0 Å². The molecule has 0 bridgehead atoms. The summed E-state index contributed by atoms with van der Waals surface area (Å²) in [6, 6.07) is 0. The monoisotopic (exact) mass is 198 g/mol. The Morgan fingerprint density at radius 1 is 1.36 bits per heavy atom. The van der Waals surface area contributed by atoms with E-state index in [0.717, 1.165) is 38.5 Å². The summed E-state index contributed by atoms with van der Waals surface area (Å²) >= 11 is 0. The third-order valence-electron chi connectivity index (χ3n) is 2.90. The Morgan fingerprint density at radius 2 is 2.14 bits per heavy atom. The maximum Gasteiger partial charge on any atom is 0.303 e. The van der Waals surface area contributed by atoms with Crippen molar-refractivity contribution in [3.8, 4) is 0 Å². The summed E-state index contributed by atoms with van der Waals surface area (Å²) in [5, 5.41) is 8.49. The normalized spacial score (nSPS) is 23.1. The van der Waals surface area contributed by atoms with Gasteiger partial charge in [0.25, 0.3) is 0 Å². The van der Waals surface area contributed by atoms with Gasteiger partial charge in [-0.05, 0) is 31.6 Å².